The van der Waals surface area contributed by atoms with E-state index in [0.29, 0.717) is 49.1 Å². The molecule has 0 atom stereocenters. The largest absolute Gasteiger partial charge is 0.416 e. The second-order valence-corrected chi connectivity index (χ2v) is 9.09. The molecule has 4 aromatic rings. The molecule has 2 aromatic carbocycles. The second-order valence-electron chi connectivity index (χ2n) is 9.09. The van der Waals surface area contributed by atoms with Crippen LogP contribution in [0.25, 0.3) is 5.69 Å². The van der Waals surface area contributed by atoms with Gasteiger partial charge in [0.15, 0.2) is 0 Å². The summed E-state index contributed by atoms with van der Waals surface area (Å²) in [6.45, 7) is 2.87. The topological polar surface area (TPSA) is 106 Å². The average Bonchev–Trinajstić information content (AvgIpc) is 2.89. The first-order chi connectivity index (χ1) is 18.5. The number of fused-ring (bicyclic) bond motifs is 1. The van der Waals surface area contributed by atoms with E-state index in [0.717, 1.165) is 16.8 Å². The zero-order valence-electron chi connectivity index (χ0n) is 20.6. The maximum atomic E-state index is 14.1. The molecule has 3 heterocycles. The molecular weight excluding hydrogens is 516 g/mol. The summed E-state index contributed by atoms with van der Waals surface area (Å²) >= 11 is 0. The van der Waals surface area contributed by atoms with E-state index in [2.05, 4.69) is 15.3 Å². The first kappa shape index (κ1) is 25.9. The van der Waals surface area contributed by atoms with Crippen LogP contribution in [0.15, 0.2) is 65.7 Å². The van der Waals surface area contributed by atoms with Gasteiger partial charge in [-0.1, -0.05) is 0 Å². The van der Waals surface area contributed by atoms with Crippen molar-refractivity contribution in [2.45, 2.75) is 26.1 Å². The predicted molar refractivity (Wildman–Crippen MR) is 137 cm³/mol. The molecule has 12 heteroatoms. The number of halogens is 4. The van der Waals surface area contributed by atoms with Crippen LogP contribution < -0.4 is 21.5 Å². The van der Waals surface area contributed by atoms with Crippen LogP contribution in [0.3, 0.4) is 0 Å². The van der Waals surface area contributed by atoms with E-state index in [4.69, 9.17) is 5.73 Å². The van der Waals surface area contributed by atoms with Gasteiger partial charge in [0, 0.05) is 48.8 Å². The summed E-state index contributed by atoms with van der Waals surface area (Å²) in [6, 6.07) is 9.55. The van der Waals surface area contributed by atoms with Crippen molar-refractivity contribution in [2.24, 2.45) is 0 Å². The highest BCUT2D eigenvalue weighted by Gasteiger charge is 2.32. The van der Waals surface area contributed by atoms with Gasteiger partial charge in [-0.3, -0.25) is 14.2 Å². The molecule has 0 saturated heterocycles. The molecule has 0 spiro atoms. The van der Waals surface area contributed by atoms with E-state index in [1.54, 1.807) is 24.5 Å². The summed E-state index contributed by atoms with van der Waals surface area (Å²) < 4.78 is 54.5. The number of benzene rings is 2. The molecule has 1 aliphatic rings. The number of nitrogens with one attached hydrogen (secondary N) is 1. The summed E-state index contributed by atoms with van der Waals surface area (Å²) in [5, 5.41) is 2.39. The fraction of sp³-hybridized carbons (Fsp3) is 0.185. The molecule has 8 nitrogen and oxygen atoms in total. The molecular formula is C27H22F4N6O2. The number of carbonyl (C=O) groups excluding carboxylic acids is 1. The molecule has 0 fully saturated rings. The molecule has 3 N–H and O–H groups in total. The van der Waals surface area contributed by atoms with E-state index < -0.39 is 29.0 Å². The van der Waals surface area contributed by atoms with Gasteiger partial charge in [0.05, 0.1) is 16.8 Å². The zero-order chi connectivity index (χ0) is 27.9. The molecule has 0 bridgehead atoms. The summed E-state index contributed by atoms with van der Waals surface area (Å²) in [7, 11) is 0. The van der Waals surface area contributed by atoms with Gasteiger partial charge >= 0.3 is 6.18 Å². The SMILES string of the molecule is Cc1ccn(-c2ccc(NC(=O)c3cc(C(F)(F)F)ccc3F)cc2)c(=O)c1N1CCc2nc(N)ncc2C1. The number of anilines is 3. The molecule has 39 heavy (non-hydrogen) atoms. The second kappa shape index (κ2) is 9.86. The van der Waals surface area contributed by atoms with Crippen molar-refractivity contribution < 1.29 is 22.4 Å². The molecule has 0 radical (unpaired) electrons. The third kappa shape index (κ3) is 5.17. The van der Waals surface area contributed by atoms with E-state index in [1.165, 1.54) is 16.7 Å². The van der Waals surface area contributed by atoms with Crippen LogP contribution in [-0.4, -0.2) is 27.0 Å². The Morgan fingerprint density at radius 3 is 2.56 bits per heavy atom. The third-order valence-corrected chi connectivity index (χ3v) is 6.48. The average molecular weight is 539 g/mol. The maximum absolute atomic E-state index is 14.1. The lowest BCUT2D eigenvalue weighted by atomic mass is 10.1. The van der Waals surface area contributed by atoms with Gasteiger partial charge < -0.3 is 16.0 Å². The predicted octanol–water partition coefficient (Wildman–Crippen LogP) is 4.49. The molecule has 5 rings (SSSR count). The van der Waals surface area contributed by atoms with Crippen molar-refractivity contribution in [3.05, 3.63) is 105 Å². The van der Waals surface area contributed by atoms with Gasteiger partial charge in [-0.15, -0.1) is 0 Å². The quantitative estimate of drug-likeness (QED) is 0.371. The van der Waals surface area contributed by atoms with Crippen LogP contribution in [-0.2, 0) is 19.1 Å². The number of nitrogens with zero attached hydrogens (tertiary/aromatic N) is 4. The molecule has 0 aliphatic carbocycles. The van der Waals surface area contributed by atoms with Crippen molar-refractivity contribution in [3.63, 3.8) is 0 Å². The van der Waals surface area contributed by atoms with Gasteiger partial charge in [-0.05, 0) is 61.0 Å². The number of rotatable bonds is 4. The number of carbonyl (C=O) groups is 1. The zero-order valence-corrected chi connectivity index (χ0v) is 20.6. The van der Waals surface area contributed by atoms with E-state index in [9.17, 15) is 27.2 Å². The summed E-state index contributed by atoms with van der Waals surface area (Å²) in [6.07, 6.45) is -0.812. The summed E-state index contributed by atoms with van der Waals surface area (Å²) in [5.74, 6) is -1.90. The highest BCUT2D eigenvalue weighted by Crippen LogP contribution is 2.31. The maximum Gasteiger partial charge on any atom is 0.416 e. The van der Waals surface area contributed by atoms with Crippen molar-refractivity contribution in [1.29, 1.82) is 0 Å². The molecule has 2 aromatic heterocycles. The summed E-state index contributed by atoms with van der Waals surface area (Å²) in [5.41, 5.74) is 7.35. The van der Waals surface area contributed by atoms with Crippen molar-refractivity contribution in [2.75, 3.05) is 22.5 Å². The number of hydrogen-bond acceptors (Lipinski definition) is 6. The lowest BCUT2D eigenvalue weighted by molar-refractivity contribution is -0.137. The Hall–Kier alpha value is -4.74. The third-order valence-electron chi connectivity index (χ3n) is 6.48. The van der Waals surface area contributed by atoms with Crippen LogP contribution in [0.4, 0.5) is 34.9 Å². The Bertz CT molecular complexity index is 1630. The highest BCUT2D eigenvalue weighted by molar-refractivity contribution is 6.04. The normalized spacial score (nSPS) is 13.2. The van der Waals surface area contributed by atoms with Crippen LogP contribution in [0, 0.1) is 12.7 Å². The van der Waals surface area contributed by atoms with E-state index >= 15 is 0 Å². The number of amides is 1. The van der Waals surface area contributed by atoms with Crippen LogP contribution in [0.5, 0.6) is 0 Å². The first-order valence-corrected chi connectivity index (χ1v) is 11.9. The monoisotopic (exact) mass is 538 g/mol. The van der Waals surface area contributed by atoms with E-state index in [-0.39, 0.29) is 17.2 Å². The Balaban J connectivity index is 1.38. The van der Waals surface area contributed by atoms with Crippen LogP contribution in [0.2, 0.25) is 0 Å². The fourth-order valence-electron chi connectivity index (χ4n) is 4.51. The Morgan fingerprint density at radius 1 is 1.10 bits per heavy atom. The van der Waals surface area contributed by atoms with Gasteiger partial charge in [0.2, 0.25) is 5.95 Å². The first-order valence-electron chi connectivity index (χ1n) is 11.9. The highest BCUT2D eigenvalue weighted by atomic mass is 19.4. The van der Waals surface area contributed by atoms with Crippen LogP contribution in [0.1, 0.15) is 32.7 Å². The number of nitrogens with two attached hydrogens (primary N) is 1. The van der Waals surface area contributed by atoms with Gasteiger partial charge in [-0.25, -0.2) is 14.4 Å². The smallest absolute Gasteiger partial charge is 0.368 e. The van der Waals surface area contributed by atoms with Crippen molar-refractivity contribution in [3.8, 4) is 5.69 Å². The number of aryl methyl sites for hydroxylation is 1. The lowest BCUT2D eigenvalue weighted by Crippen LogP contribution is -2.37. The Morgan fingerprint density at radius 2 is 1.85 bits per heavy atom. The lowest BCUT2D eigenvalue weighted by Gasteiger charge is -2.30. The molecule has 200 valence electrons. The number of aromatic nitrogens is 3. The number of hydrogen-bond donors (Lipinski definition) is 2. The van der Waals surface area contributed by atoms with E-state index in [1.807, 2.05) is 17.9 Å². The molecule has 0 saturated carbocycles. The number of alkyl halides is 3. The van der Waals surface area contributed by atoms with Crippen molar-refractivity contribution in [1.82, 2.24) is 14.5 Å². The van der Waals surface area contributed by atoms with Crippen molar-refractivity contribution >= 4 is 23.2 Å². The summed E-state index contributed by atoms with van der Waals surface area (Å²) in [4.78, 5) is 36.3. The van der Waals surface area contributed by atoms with Crippen LogP contribution >= 0.6 is 0 Å². The minimum Gasteiger partial charge on any atom is -0.368 e. The minimum absolute atomic E-state index is 0.208. The minimum atomic E-state index is -4.72. The molecule has 0 unspecified atom stereocenters. The number of pyridine rings is 1. The van der Waals surface area contributed by atoms with Gasteiger partial charge in [-0.2, -0.15) is 13.2 Å². The Kier molecular flexibility index (Phi) is 6.54. The fourth-order valence-corrected chi connectivity index (χ4v) is 4.51. The van der Waals surface area contributed by atoms with Gasteiger partial charge in [0.25, 0.3) is 11.5 Å². The standard InChI is InChI=1S/C27H22F4N6O2/c1-15-8-11-37(25(39)23(15)36-10-9-22-16(14-36)13-33-26(32)35-22)19-5-3-18(4-6-19)34-24(38)20-12-17(27(29,30)31)2-7-21(20)28/h2-8,11-13H,9-10,14H2,1H3,(H,34,38)(H2,32,33,35). The molecule has 1 amide bonds. The molecule has 1 aliphatic heterocycles. The Labute approximate surface area is 219 Å². The van der Waals surface area contributed by atoms with Gasteiger partial charge in [0.1, 0.15) is 11.5 Å². The number of nitrogen functional groups attached to an aromatic ring is 1.